The molecule has 276 valence electrons. The highest BCUT2D eigenvalue weighted by molar-refractivity contribution is 7.89. The molecule has 2 heterocycles. The summed E-state index contributed by atoms with van der Waals surface area (Å²) in [7, 11) is -3.65. The third-order valence-corrected chi connectivity index (χ3v) is 12.2. The van der Waals surface area contributed by atoms with E-state index in [9.17, 15) is 18.6 Å². The minimum absolute atomic E-state index is 0.0165. The monoisotopic (exact) mass is 752 g/mol. The lowest BCUT2D eigenvalue weighted by atomic mass is 9.84. The molecule has 10 heteroatoms. The highest BCUT2D eigenvalue weighted by Gasteiger charge is 2.41. The fourth-order valence-electron chi connectivity index (χ4n) is 7.32. The zero-order valence-corrected chi connectivity index (χ0v) is 31.2. The molecule has 0 radical (unpaired) electrons. The van der Waals surface area contributed by atoms with Crippen molar-refractivity contribution in [3.8, 4) is 11.1 Å². The van der Waals surface area contributed by atoms with Gasteiger partial charge in [-0.15, -0.1) is 0 Å². The van der Waals surface area contributed by atoms with Crippen molar-refractivity contribution in [2.45, 2.75) is 61.9 Å². The first kappa shape index (κ1) is 37.4. The second-order valence-corrected chi connectivity index (χ2v) is 16.3. The van der Waals surface area contributed by atoms with Crippen molar-refractivity contribution in [3.63, 3.8) is 0 Å². The predicted octanol–water partition coefficient (Wildman–Crippen LogP) is 7.75. The number of aliphatic hydroxyl groups excluding tert-OH is 1. The maximum atomic E-state index is 12.8. The molecule has 53 heavy (non-hydrogen) atoms. The lowest BCUT2D eigenvalue weighted by Crippen LogP contribution is -2.49. The molecule has 0 amide bonds. The number of likely N-dealkylation sites (tertiary alicyclic amines) is 1. The molecular formula is C43H45ClN2O6S. The Balaban J connectivity index is 1.09. The van der Waals surface area contributed by atoms with Crippen molar-refractivity contribution in [2.75, 3.05) is 19.6 Å². The maximum Gasteiger partial charge on any atom is 0.240 e. The van der Waals surface area contributed by atoms with Gasteiger partial charge in [0.25, 0.3) is 0 Å². The normalized spacial score (nSPS) is 22.0. The van der Waals surface area contributed by atoms with E-state index < -0.39 is 21.9 Å². The summed E-state index contributed by atoms with van der Waals surface area (Å²) < 4.78 is 42.0. The van der Waals surface area contributed by atoms with Crippen LogP contribution in [-0.4, -0.2) is 49.3 Å². The molecule has 0 spiro atoms. The Morgan fingerprint density at radius 2 is 1.47 bits per heavy atom. The molecule has 2 aliphatic heterocycles. The second-order valence-electron chi connectivity index (χ2n) is 14.1. The van der Waals surface area contributed by atoms with E-state index in [-0.39, 0.29) is 36.2 Å². The first-order chi connectivity index (χ1) is 25.6. The van der Waals surface area contributed by atoms with Gasteiger partial charge in [-0.3, -0.25) is 0 Å². The van der Waals surface area contributed by atoms with Crippen LogP contribution in [0.4, 0.5) is 0 Å². The van der Waals surface area contributed by atoms with Crippen LogP contribution in [-0.2, 0) is 38.2 Å². The molecule has 2 aliphatic rings. The molecule has 0 unspecified atom stereocenters. The Morgan fingerprint density at radius 1 is 0.792 bits per heavy atom. The highest BCUT2D eigenvalue weighted by atomic mass is 35.5. The lowest BCUT2D eigenvalue weighted by Gasteiger charge is -2.45. The number of aliphatic hydroxyl groups is 2. The number of hydrogen-bond donors (Lipinski definition) is 3. The quantitative estimate of drug-likeness (QED) is 0.127. The summed E-state index contributed by atoms with van der Waals surface area (Å²) in [6.45, 7) is 4.42. The van der Waals surface area contributed by atoms with Gasteiger partial charge in [0.15, 0.2) is 6.29 Å². The van der Waals surface area contributed by atoms with Crippen LogP contribution in [0.5, 0.6) is 0 Å². The van der Waals surface area contributed by atoms with Gasteiger partial charge in [0, 0.05) is 42.7 Å². The maximum absolute atomic E-state index is 12.8. The third kappa shape index (κ3) is 8.75. The molecule has 2 fully saturated rings. The molecule has 2 saturated heterocycles. The first-order valence-electron chi connectivity index (χ1n) is 18.1. The van der Waals surface area contributed by atoms with Gasteiger partial charge in [-0.1, -0.05) is 110 Å². The number of nitrogens with zero attached hydrogens (tertiary/aromatic N) is 1. The molecule has 0 aliphatic carbocycles. The molecule has 8 nitrogen and oxygen atoms in total. The van der Waals surface area contributed by atoms with Gasteiger partial charge in [0.2, 0.25) is 10.0 Å². The molecule has 0 bridgehead atoms. The van der Waals surface area contributed by atoms with E-state index >= 15 is 0 Å². The number of hydrogen-bond acceptors (Lipinski definition) is 7. The topological polar surface area (TPSA) is 108 Å². The molecule has 7 rings (SSSR count). The zero-order valence-electron chi connectivity index (χ0n) is 29.6. The first-order valence-corrected chi connectivity index (χ1v) is 19.9. The molecule has 0 saturated carbocycles. The highest BCUT2D eigenvalue weighted by Crippen LogP contribution is 2.43. The number of benzene rings is 5. The molecule has 0 aromatic heterocycles. The van der Waals surface area contributed by atoms with Gasteiger partial charge >= 0.3 is 0 Å². The van der Waals surface area contributed by atoms with Crippen LogP contribution in [0, 0.1) is 5.92 Å². The van der Waals surface area contributed by atoms with Crippen LogP contribution in [0.2, 0.25) is 5.02 Å². The van der Waals surface area contributed by atoms with Crippen LogP contribution in [0.15, 0.2) is 132 Å². The summed E-state index contributed by atoms with van der Waals surface area (Å²) >= 11 is 6.11. The fraction of sp³-hybridized carbons (Fsp3) is 0.302. The van der Waals surface area contributed by atoms with Crippen molar-refractivity contribution >= 4 is 21.6 Å². The van der Waals surface area contributed by atoms with E-state index in [1.165, 1.54) is 0 Å². The van der Waals surface area contributed by atoms with Crippen molar-refractivity contribution in [2.24, 2.45) is 5.92 Å². The largest absolute Gasteiger partial charge is 0.392 e. The SMILES string of the molecule is C[C@H]1[C@@H](CN2CCC(O)(c3ccc(Cl)cc3)CC2)O[C@@H](c2cccc(-c3cccc(CNS(=O)(=O)c4ccccc4)c3)c2)O[C@H]1c1ccc(CO)cc1. The number of nitrogens with one attached hydrogen (secondary N) is 1. The molecule has 4 atom stereocenters. The van der Waals surface area contributed by atoms with E-state index in [0.717, 1.165) is 52.0 Å². The van der Waals surface area contributed by atoms with Crippen molar-refractivity contribution in [1.29, 1.82) is 0 Å². The van der Waals surface area contributed by atoms with E-state index in [0.29, 0.717) is 24.4 Å². The molecule has 5 aromatic carbocycles. The van der Waals surface area contributed by atoms with E-state index in [1.807, 2.05) is 91.0 Å². The average molecular weight is 753 g/mol. The van der Waals surface area contributed by atoms with E-state index in [2.05, 4.69) is 22.6 Å². The second kappa shape index (κ2) is 16.2. The van der Waals surface area contributed by atoms with Gasteiger partial charge < -0.3 is 24.6 Å². The third-order valence-electron chi connectivity index (χ3n) is 10.6. The molecular weight excluding hydrogens is 708 g/mol. The summed E-state index contributed by atoms with van der Waals surface area (Å²) in [5.41, 5.74) is 5.47. The van der Waals surface area contributed by atoms with Crippen LogP contribution < -0.4 is 4.72 Å². The lowest BCUT2D eigenvalue weighted by molar-refractivity contribution is -0.277. The average Bonchev–Trinajstić information content (AvgIpc) is 3.19. The Labute approximate surface area is 317 Å². The van der Waals surface area contributed by atoms with Gasteiger partial charge in [-0.2, -0.15) is 0 Å². The van der Waals surface area contributed by atoms with Crippen molar-refractivity contribution in [3.05, 3.63) is 160 Å². The molecule has 3 N–H and O–H groups in total. The summed E-state index contributed by atoms with van der Waals surface area (Å²) in [6.07, 6.45) is 0.150. The van der Waals surface area contributed by atoms with Crippen LogP contribution in [0.1, 0.15) is 60.0 Å². The van der Waals surface area contributed by atoms with Crippen molar-refractivity contribution < 1.29 is 28.1 Å². The van der Waals surface area contributed by atoms with Crippen LogP contribution >= 0.6 is 11.6 Å². The van der Waals surface area contributed by atoms with Crippen LogP contribution in [0.3, 0.4) is 0 Å². The smallest absolute Gasteiger partial charge is 0.240 e. The summed E-state index contributed by atoms with van der Waals surface area (Å²) in [6, 6.07) is 39.7. The van der Waals surface area contributed by atoms with Gasteiger partial charge in [0.05, 0.1) is 29.3 Å². The van der Waals surface area contributed by atoms with E-state index in [1.54, 1.807) is 30.3 Å². The van der Waals surface area contributed by atoms with Crippen molar-refractivity contribution in [1.82, 2.24) is 9.62 Å². The van der Waals surface area contributed by atoms with Gasteiger partial charge in [-0.05, 0) is 82.6 Å². The Hall–Kier alpha value is -3.90. The Kier molecular flexibility index (Phi) is 11.5. The standard InChI is InChI=1S/C43H45ClN2O6S/c1-30-40(28-46-23-21-43(48,22-24-46)37-17-19-38(44)20-18-37)51-42(52-41(30)33-15-13-31(29-47)14-16-33)36-10-6-9-35(26-36)34-8-5-7-32(25-34)27-45-53(49,50)39-11-3-2-4-12-39/h2-20,25-26,30,40-42,45,47-48H,21-24,27-29H2,1H3/t30-,40+,41+,42+/m0/s1. The zero-order chi connectivity index (χ0) is 37.0. The minimum Gasteiger partial charge on any atom is -0.392 e. The van der Waals surface area contributed by atoms with Gasteiger partial charge in [0.1, 0.15) is 0 Å². The Morgan fingerprint density at radius 3 is 2.17 bits per heavy atom. The number of rotatable bonds is 11. The van der Waals surface area contributed by atoms with Gasteiger partial charge in [-0.25, -0.2) is 13.1 Å². The number of piperidine rings is 1. The predicted molar refractivity (Wildman–Crippen MR) is 206 cm³/mol. The number of sulfonamides is 1. The minimum atomic E-state index is -3.65. The number of ether oxygens (including phenoxy) is 2. The number of halogens is 1. The summed E-state index contributed by atoms with van der Waals surface area (Å²) in [5.74, 6) is 0.0165. The Bertz CT molecular complexity index is 2090. The summed E-state index contributed by atoms with van der Waals surface area (Å²) in [4.78, 5) is 2.60. The van der Waals surface area contributed by atoms with E-state index in [4.69, 9.17) is 21.1 Å². The summed E-state index contributed by atoms with van der Waals surface area (Å²) in [5, 5.41) is 21.8. The van der Waals surface area contributed by atoms with Crippen LogP contribution in [0.25, 0.3) is 11.1 Å². The molecule has 5 aromatic rings. The fourth-order valence-corrected chi connectivity index (χ4v) is 8.49.